The lowest BCUT2D eigenvalue weighted by atomic mass is 10.2. The zero-order valence-corrected chi connectivity index (χ0v) is 12.4. The minimum absolute atomic E-state index is 0.129. The highest BCUT2D eigenvalue weighted by Crippen LogP contribution is 2.20. The first-order valence-corrected chi connectivity index (χ1v) is 8.18. The molecule has 1 amide bonds. The normalized spacial score (nSPS) is 11.5. The Hall–Kier alpha value is -1.64. The molecule has 0 aliphatic rings. The Kier molecular flexibility index (Phi) is 4.26. The predicted molar refractivity (Wildman–Crippen MR) is 75.2 cm³/mol. The summed E-state index contributed by atoms with van der Waals surface area (Å²) in [6, 6.07) is 4.77. The van der Waals surface area contributed by atoms with Crippen molar-refractivity contribution in [3.63, 3.8) is 0 Å². The standard InChI is InChI=1S/C12H14N2O4S2/c1-8-10(5-7-18-8)12(15)14-6-4-9-2-3-11(19-9)20(13,16)17/h2-3,5,7H,4,6H2,1H3,(H,14,15)(H2,13,16,17). The van der Waals surface area contributed by atoms with Gasteiger partial charge in [-0.2, -0.15) is 0 Å². The summed E-state index contributed by atoms with van der Waals surface area (Å²) in [6.45, 7) is 2.13. The van der Waals surface area contributed by atoms with Gasteiger partial charge in [-0.1, -0.05) is 0 Å². The van der Waals surface area contributed by atoms with Crippen molar-refractivity contribution in [3.8, 4) is 0 Å². The first-order valence-electron chi connectivity index (χ1n) is 5.82. The fraction of sp³-hybridized carbons (Fsp3) is 0.250. The van der Waals surface area contributed by atoms with Gasteiger partial charge in [0.25, 0.3) is 5.91 Å². The largest absolute Gasteiger partial charge is 0.469 e. The number of hydrogen-bond donors (Lipinski definition) is 2. The predicted octanol–water partition coefficient (Wildman–Crippen LogP) is 1.27. The van der Waals surface area contributed by atoms with Crippen molar-refractivity contribution in [1.29, 1.82) is 0 Å². The van der Waals surface area contributed by atoms with E-state index in [9.17, 15) is 13.2 Å². The molecule has 2 aromatic heterocycles. The minimum atomic E-state index is -3.65. The minimum Gasteiger partial charge on any atom is -0.469 e. The molecule has 0 saturated heterocycles. The van der Waals surface area contributed by atoms with Gasteiger partial charge < -0.3 is 9.73 Å². The van der Waals surface area contributed by atoms with Crippen molar-refractivity contribution >= 4 is 27.3 Å². The van der Waals surface area contributed by atoms with E-state index in [-0.39, 0.29) is 10.1 Å². The second-order valence-electron chi connectivity index (χ2n) is 4.16. The van der Waals surface area contributed by atoms with Gasteiger partial charge in [0, 0.05) is 11.4 Å². The van der Waals surface area contributed by atoms with E-state index in [1.54, 1.807) is 19.1 Å². The van der Waals surface area contributed by atoms with Gasteiger partial charge in [-0.3, -0.25) is 4.79 Å². The third kappa shape index (κ3) is 3.47. The third-order valence-corrected chi connectivity index (χ3v) is 5.26. The molecular weight excluding hydrogens is 300 g/mol. The maximum atomic E-state index is 11.8. The lowest BCUT2D eigenvalue weighted by Gasteiger charge is -2.02. The van der Waals surface area contributed by atoms with Crippen molar-refractivity contribution < 1.29 is 17.6 Å². The number of carbonyl (C=O) groups excluding carboxylic acids is 1. The molecule has 0 spiro atoms. The van der Waals surface area contributed by atoms with E-state index in [1.807, 2.05) is 0 Å². The van der Waals surface area contributed by atoms with Gasteiger partial charge in [0.1, 0.15) is 9.97 Å². The molecule has 0 unspecified atom stereocenters. The summed E-state index contributed by atoms with van der Waals surface area (Å²) in [6.07, 6.45) is 2.00. The highest BCUT2D eigenvalue weighted by Gasteiger charge is 2.13. The molecule has 2 heterocycles. The molecule has 0 aromatic carbocycles. The molecule has 2 rings (SSSR count). The van der Waals surface area contributed by atoms with E-state index in [4.69, 9.17) is 9.56 Å². The van der Waals surface area contributed by atoms with Crippen LogP contribution < -0.4 is 10.5 Å². The van der Waals surface area contributed by atoms with E-state index >= 15 is 0 Å². The number of hydrogen-bond acceptors (Lipinski definition) is 5. The van der Waals surface area contributed by atoms with Crippen LogP contribution in [0.3, 0.4) is 0 Å². The van der Waals surface area contributed by atoms with Crippen LogP contribution in [0.1, 0.15) is 21.0 Å². The van der Waals surface area contributed by atoms with Crippen LogP contribution >= 0.6 is 11.3 Å². The van der Waals surface area contributed by atoms with E-state index in [0.29, 0.717) is 24.3 Å². The lowest BCUT2D eigenvalue weighted by molar-refractivity contribution is 0.0952. The van der Waals surface area contributed by atoms with Crippen molar-refractivity contribution in [2.45, 2.75) is 17.6 Å². The quantitative estimate of drug-likeness (QED) is 0.867. The zero-order valence-electron chi connectivity index (χ0n) is 10.8. The molecule has 0 fully saturated rings. The first kappa shape index (κ1) is 14.8. The van der Waals surface area contributed by atoms with Gasteiger partial charge in [-0.15, -0.1) is 11.3 Å². The summed E-state index contributed by atoms with van der Waals surface area (Å²) in [5.74, 6) is 0.356. The van der Waals surface area contributed by atoms with Gasteiger partial charge in [0.15, 0.2) is 0 Å². The summed E-state index contributed by atoms with van der Waals surface area (Å²) in [5, 5.41) is 7.78. The number of nitrogens with two attached hydrogens (primary N) is 1. The Bertz CT molecular complexity index is 715. The Morgan fingerprint density at radius 1 is 1.40 bits per heavy atom. The number of carbonyl (C=O) groups is 1. The lowest BCUT2D eigenvalue weighted by Crippen LogP contribution is -2.25. The van der Waals surface area contributed by atoms with Crippen LogP contribution in [-0.2, 0) is 16.4 Å². The maximum absolute atomic E-state index is 11.8. The van der Waals surface area contributed by atoms with Crippen molar-refractivity contribution in [2.75, 3.05) is 6.54 Å². The molecule has 0 saturated carbocycles. The van der Waals surface area contributed by atoms with E-state index in [1.165, 1.54) is 12.3 Å². The Labute approximate surface area is 120 Å². The van der Waals surface area contributed by atoms with E-state index in [0.717, 1.165) is 16.2 Å². The smallest absolute Gasteiger partial charge is 0.254 e. The Balaban J connectivity index is 1.89. The first-order chi connectivity index (χ1) is 9.38. The number of amides is 1. The molecule has 3 N–H and O–H groups in total. The molecule has 0 radical (unpaired) electrons. The molecular formula is C12H14N2O4S2. The number of furan rings is 1. The monoisotopic (exact) mass is 314 g/mol. The van der Waals surface area contributed by atoms with Crippen molar-refractivity contribution in [2.24, 2.45) is 5.14 Å². The maximum Gasteiger partial charge on any atom is 0.254 e. The van der Waals surface area contributed by atoms with Gasteiger partial charge >= 0.3 is 0 Å². The molecule has 8 heteroatoms. The Morgan fingerprint density at radius 3 is 2.70 bits per heavy atom. The highest BCUT2D eigenvalue weighted by molar-refractivity contribution is 7.91. The molecule has 20 heavy (non-hydrogen) atoms. The van der Waals surface area contributed by atoms with Crippen LogP contribution in [0.4, 0.5) is 0 Å². The average Bonchev–Trinajstić information content (AvgIpc) is 2.97. The van der Waals surface area contributed by atoms with Crippen molar-refractivity contribution in [3.05, 3.63) is 40.7 Å². The molecule has 0 bridgehead atoms. The summed E-state index contributed by atoms with van der Waals surface area (Å²) >= 11 is 1.11. The van der Waals surface area contributed by atoms with Crippen LogP contribution in [0.15, 0.2) is 33.1 Å². The van der Waals surface area contributed by atoms with Crippen LogP contribution in [-0.4, -0.2) is 20.9 Å². The van der Waals surface area contributed by atoms with Gasteiger partial charge in [-0.25, -0.2) is 13.6 Å². The highest BCUT2D eigenvalue weighted by atomic mass is 32.2. The summed E-state index contributed by atoms with van der Waals surface area (Å²) in [5.41, 5.74) is 0.501. The molecule has 0 aliphatic carbocycles. The van der Waals surface area contributed by atoms with E-state index in [2.05, 4.69) is 5.32 Å². The number of rotatable bonds is 5. The molecule has 6 nitrogen and oxygen atoms in total. The van der Waals surface area contributed by atoms with E-state index < -0.39 is 10.0 Å². The fourth-order valence-corrected chi connectivity index (χ4v) is 3.44. The third-order valence-electron chi connectivity index (χ3n) is 2.68. The molecule has 108 valence electrons. The number of aryl methyl sites for hydroxylation is 1. The molecule has 0 atom stereocenters. The zero-order chi connectivity index (χ0) is 14.8. The summed E-state index contributed by atoms with van der Waals surface area (Å²) < 4.78 is 27.4. The van der Waals surface area contributed by atoms with Crippen LogP contribution in [0.25, 0.3) is 0 Å². The average molecular weight is 314 g/mol. The SMILES string of the molecule is Cc1occc1C(=O)NCCc1ccc(S(N)(=O)=O)s1. The van der Waals surface area contributed by atoms with Crippen LogP contribution in [0.2, 0.25) is 0 Å². The topological polar surface area (TPSA) is 102 Å². The fourth-order valence-electron chi connectivity index (χ4n) is 1.66. The summed E-state index contributed by atoms with van der Waals surface area (Å²) in [7, 11) is -3.65. The number of sulfonamides is 1. The van der Waals surface area contributed by atoms with Gasteiger partial charge in [-0.05, 0) is 31.5 Å². The van der Waals surface area contributed by atoms with Gasteiger partial charge in [0.2, 0.25) is 10.0 Å². The van der Waals surface area contributed by atoms with Gasteiger partial charge in [0.05, 0.1) is 11.8 Å². The van der Waals surface area contributed by atoms with Crippen molar-refractivity contribution in [1.82, 2.24) is 5.32 Å². The number of thiophene rings is 1. The Morgan fingerprint density at radius 2 is 2.15 bits per heavy atom. The second-order valence-corrected chi connectivity index (χ2v) is 7.12. The van der Waals surface area contributed by atoms with Crippen LogP contribution in [0, 0.1) is 6.92 Å². The number of nitrogens with one attached hydrogen (secondary N) is 1. The molecule has 0 aliphatic heterocycles. The second kappa shape index (κ2) is 5.78. The van der Waals surface area contributed by atoms with Crippen LogP contribution in [0.5, 0.6) is 0 Å². The summed E-state index contributed by atoms with van der Waals surface area (Å²) in [4.78, 5) is 12.6. The molecule has 2 aromatic rings. The number of primary sulfonamides is 1.